The van der Waals surface area contributed by atoms with E-state index >= 15 is 0 Å². The molecular weight excluding hydrogens is 496 g/mol. The molecule has 3 amide bonds. The standard InChI is InChI=1S/C22H27ClN6O5S/c1-11(22(33)34)3-5-14(27-18(30)19(31)29-17-6-4-13(23)9-25-17)12(2)26-20(32)21-28-15-7-8-24-10-16(15)35-21/h4,6,9,11-12,14,24H,3,5,7-8,10H2,1-2H3,(H,26,32)(H,27,30)(H,33,34)(H,25,29,31)/t11-,12-,14+/m1/s1. The highest BCUT2D eigenvalue weighted by Crippen LogP contribution is 2.22. The number of anilines is 1. The van der Waals surface area contributed by atoms with E-state index in [1.54, 1.807) is 13.8 Å². The second-order valence-electron chi connectivity index (χ2n) is 8.29. The average molecular weight is 523 g/mol. The molecule has 3 heterocycles. The van der Waals surface area contributed by atoms with Gasteiger partial charge in [0.25, 0.3) is 5.91 Å². The van der Waals surface area contributed by atoms with Gasteiger partial charge in [0.2, 0.25) is 0 Å². The molecule has 0 bridgehead atoms. The maximum Gasteiger partial charge on any atom is 0.314 e. The molecule has 5 N–H and O–H groups in total. The van der Waals surface area contributed by atoms with Crippen molar-refractivity contribution in [1.29, 1.82) is 0 Å². The Morgan fingerprint density at radius 2 is 1.94 bits per heavy atom. The van der Waals surface area contributed by atoms with Gasteiger partial charge in [0.05, 0.1) is 16.6 Å². The van der Waals surface area contributed by atoms with E-state index in [1.165, 1.54) is 29.7 Å². The molecule has 2 aromatic rings. The Hall–Kier alpha value is -3.09. The van der Waals surface area contributed by atoms with Crippen LogP contribution >= 0.6 is 22.9 Å². The predicted octanol–water partition coefficient (Wildman–Crippen LogP) is 1.58. The fraction of sp³-hybridized carbons (Fsp3) is 0.455. The fourth-order valence-electron chi connectivity index (χ4n) is 3.45. The zero-order chi connectivity index (χ0) is 25.5. The Labute approximate surface area is 211 Å². The SMILES string of the molecule is C[C@H](CC[C@H](NC(=O)C(=O)Nc1ccc(Cl)cn1)[C@@H](C)NC(=O)c1nc2c(s1)CNCC2)C(=O)O. The highest BCUT2D eigenvalue weighted by molar-refractivity contribution is 7.13. The summed E-state index contributed by atoms with van der Waals surface area (Å²) >= 11 is 7.08. The maximum atomic E-state index is 12.8. The van der Waals surface area contributed by atoms with Crippen molar-refractivity contribution in [2.24, 2.45) is 5.92 Å². The van der Waals surface area contributed by atoms with Crippen molar-refractivity contribution in [3.63, 3.8) is 0 Å². The van der Waals surface area contributed by atoms with E-state index in [0.29, 0.717) is 16.6 Å². The Bertz CT molecular complexity index is 1070. The number of carbonyl (C=O) groups is 4. The van der Waals surface area contributed by atoms with Gasteiger partial charge in [-0.05, 0) is 31.9 Å². The molecule has 1 aliphatic heterocycles. The number of pyridine rings is 1. The number of nitrogens with zero attached hydrogens (tertiary/aromatic N) is 2. The number of carboxylic acids is 1. The summed E-state index contributed by atoms with van der Waals surface area (Å²) in [4.78, 5) is 58.4. The number of fused-ring (bicyclic) bond motifs is 1. The number of rotatable bonds is 9. The summed E-state index contributed by atoms with van der Waals surface area (Å²) in [6.45, 7) is 4.70. The molecule has 2 aromatic heterocycles. The lowest BCUT2D eigenvalue weighted by Gasteiger charge is -2.26. The smallest absolute Gasteiger partial charge is 0.314 e. The number of aromatic nitrogens is 2. The lowest BCUT2D eigenvalue weighted by molar-refractivity contribution is -0.141. The summed E-state index contributed by atoms with van der Waals surface area (Å²) in [7, 11) is 0. The minimum atomic E-state index is -0.972. The van der Waals surface area contributed by atoms with Crippen LogP contribution in [0, 0.1) is 5.92 Å². The summed E-state index contributed by atoms with van der Waals surface area (Å²) in [5.74, 6) is -3.77. The van der Waals surface area contributed by atoms with E-state index in [4.69, 9.17) is 11.6 Å². The first-order valence-electron chi connectivity index (χ1n) is 11.1. The van der Waals surface area contributed by atoms with Gasteiger partial charge in [0, 0.05) is 42.7 Å². The van der Waals surface area contributed by atoms with Crippen LogP contribution in [0.5, 0.6) is 0 Å². The van der Waals surface area contributed by atoms with Crippen molar-refractivity contribution in [1.82, 2.24) is 25.9 Å². The first kappa shape index (κ1) is 26.5. The molecule has 11 nitrogen and oxygen atoms in total. The molecule has 0 saturated heterocycles. The van der Waals surface area contributed by atoms with Crippen molar-refractivity contribution in [3.8, 4) is 0 Å². The zero-order valence-corrected chi connectivity index (χ0v) is 20.8. The van der Waals surface area contributed by atoms with Crippen LogP contribution < -0.4 is 21.3 Å². The van der Waals surface area contributed by atoms with Crippen LogP contribution in [0.1, 0.15) is 47.1 Å². The van der Waals surface area contributed by atoms with Crippen LogP contribution in [-0.2, 0) is 27.3 Å². The molecule has 0 unspecified atom stereocenters. The quantitative estimate of drug-likeness (QED) is 0.310. The van der Waals surface area contributed by atoms with E-state index in [0.717, 1.165) is 23.5 Å². The fourth-order valence-corrected chi connectivity index (χ4v) is 4.54. The van der Waals surface area contributed by atoms with Gasteiger partial charge in [0.15, 0.2) is 5.01 Å². The number of amides is 3. The van der Waals surface area contributed by atoms with E-state index in [1.807, 2.05) is 0 Å². The molecule has 1 aliphatic rings. The van der Waals surface area contributed by atoms with Gasteiger partial charge in [-0.2, -0.15) is 0 Å². The predicted molar refractivity (Wildman–Crippen MR) is 130 cm³/mol. The topological polar surface area (TPSA) is 162 Å². The van der Waals surface area contributed by atoms with Crippen LogP contribution in [0.3, 0.4) is 0 Å². The molecule has 13 heteroatoms. The van der Waals surface area contributed by atoms with Crippen molar-refractivity contribution in [2.45, 2.75) is 51.7 Å². The van der Waals surface area contributed by atoms with Gasteiger partial charge >= 0.3 is 17.8 Å². The van der Waals surface area contributed by atoms with Crippen molar-refractivity contribution < 1.29 is 24.3 Å². The highest BCUT2D eigenvalue weighted by atomic mass is 35.5. The molecule has 0 aromatic carbocycles. The minimum Gasteiger partial charge on any atom is -0.481 e. The van der Waals surface area contributed by atoms with Crippen LogP contribution in [0.25, 0.3) is 0 Å². The van der Waals surface area contributed by atoms with Gasteiger partial charge in [-0.15, -0.1) is 11.3 Å². The molecule has 35 heavy (non-hydrogen) atoms. The average Bonchev–Trinajstić information content (AvgIpc) is 3.27. The molecule has 3 atom stereocenters. The molecule has 3 rings (SSSR count). The van der Waals surface area contributed by atoms with Gasteiger partial charge in [-0.1, -0.05) is 18.5 Å². The number of nitrogens with one attached hydrogen (secondary N) is 4. The minimum absolute atomic E-state index is 0.147. The van der Waals surface area contributed by atoms with Crippen LogP contribution in [-0.4, -0.2) is 57.4 Å². The van der Waals surface area contributed by atoms with E-state index in [2.05, 4.69) is 31.2 Å². The molecule has 0 radical (unpaired) electrons. The third kappa shape index (κ3) is 7.44. The zero-order valence-electron chi connectivity index (χ0n) is 19.3. The number of carbonyl (C=O) groups excluding carboxylic acids is 3. The number of aliphatic carboxylic acids is 1. The second kappa shape index (κ2) is 12.0. The number of carboxylic acid groups (broad SMARTS) is 1. The molecule has 0 aliphatic carbocycles. The van der Waals surface area contributed by atoms with Gasteiger partial charge in [-0.25, -0.2) is 9.97 Å². The Morgan fingerprint density at radius 1 is 1.17 bits per heavy atom. The third-order valence-corrected chi connectivity index (χ3v) is 6.90. The lowest BCUT2D eigenvalue weighted by atomic mass is 9.97. The summed E-state index contributed by atoms with van der Waals surface area (Å²) in [5.41, 5.74) is 0.902. The Morgan fingerprint density at radius 3 is 2.60 bits per heavy atom. The largest absolute Gasteiger partial charge is 0.481 e. The number of hydrogen-bond acceptors (Lipinski definition) is 8. The first-order valence-corrected chi connectivity index (χ1v) is 12.3. The highest BCUT2D eigenvalue weighted by Gasteiger charge is 2.27. The first-order chi connectivity index (χ1) is 16.6. The van der Waals surface area contributed by atoms with Gasteiger partial charge in [0.1, 0.15) is 5.82 Å². The number of thiazole rings is 1. The van der Waals surface area contributed by atoms with Crippen molar-refractivity contribution >= 4 is 52.4 Å². The van der Waals surface area contributed by atoms with Gasteiger partial charge < -0.3 is 26.4 Å². The normalized spacial score (nSPS) is 15.3. The molecule has 188 valence electrons. The third-order valence-electron chi connectivity index (χ3n) is 5.58. The molecule has 0 fully saturated rings. The lowest BCUT2D eigenvalue weighted by Crippen LogP contribution is -2.52. The molecule has 0 spiro atoms. The van der Waals surface area contributed by atoms with Crippen LogP contribution in [0.15, 0.2) is 18.3 Å². The van der Waals surface area contributed by atoms with Crippen LogP contribution in [0.4, 0.5) is 5.82 Å². The Balaban J connectivity index is 1.66. The van der Waals surface area contributed by atoms with Crippen molar-refractivity contribution in [3.05, 3.63) is 38.9 Å². The summed E-state index contributed by atoms with van der Waals surface area (Å²) in [5, 5.41) is 21.0. The molecular formula is C22H27ClN6O5S. The van der Waals surface area contributed by atoms with Crippen LogP contribution in [0.2, 0.25) is 5.02 Å². The number of halogens is 1. The van der Waals surface area contributed by atoms with E-state index < -0.39 is 41.7 Å². The maximum absolute atomic E-state index is 12.8. The van der Waals surface area contributed by atoms with E-state index in [-0.39, 0.29) is 18.7 Å². The van der Waals surface area contributed by atoms with Crippen molar-refractivity contribution in [2.75, 3.05) is 11.9 Å². The number of hydrogen-bond donors (Lipinski definition) is 5. The monoisotopic (exact) mass is 522 g/mol. The van der Waals surface area contributed by atoms with E-state index in [9.17, 15) is 24.3 Å². The summed E-state index contributed by atoms with van der Waals surface area (Å²) in [6.07, 6.45) is 2.54. The Kier molecular flexibility index (Phi) is 9.13. The second-order valence-corrected chi connectivity index (χ2v) is 9.81. The molecule has 0 saturated carbocycles. The van der Waals surface area contributed by atoms with Gasteiger partial charge in [-0.3, -0.25) is 19.2 Å². The summed E-state index contributed by atoms with van der Waals surface area (Å²) < 4.78 is 0. The summed E-state index contributed by atoms with van der Waals surface area (Å²) in [6, 6.07) is 1.66.